The van der Waals surface area contributed by atoms with E-state index < -0.39 is 0 Å². The van der Waals surface area contributed by atoms with Crippen LogP contribution in [0.2, 0.25) is 10.2 Å². The zero-order chi connectivity index (χ0) is 13.3. The molecular weight excluding hydrogens is 275 g/mol. The highest BCUT2D eigenvalue weighted by Crippen LogP contribution is 2.24. The van der Waals surface area contributed by atoms with Gasteiger partial charge < -0.3 is 4.42 Å². The molecule has 2 rings (SSSR count). The predicted molar refractivity (Wildman–Crippen MR) is 69.3 cm³/mol. The van der Waals surface area contributed by atoms with Crippen molar-refractivity contribution in [3.63, 3.8) is 0 Å². The number of carbonyl (C=O) groups excluding carboxylic acids is 1. The van der Waals surface area contributed by atoms with Crippen LogP contribution in [0.15, 0.2) is 16.7 Å². The number of Topliss-reactive ketones (excluding diaryl/α,β-unsaturated/α-hetero) is 1. The number of rotatable bonds is 4. The highest BCUT2D eigenvalue weighted by atomic mass is 35.5. The first kappa shape index (κ1) is 13.2. The highest BCUT2D eigenvalue weighted by Gasteiger charge is 2.19. The first-order chi connectivity index (χ1) is 8.54. The summed E-state index contributed by atoms with van der Waals surface area (Å²) >= 11 is 12.0. The van der Waals surface area contributed by atoms with Gasteiger partial charge in [0.2, 0.25) is 5.22 Å². The fourth-order valence-electron chi connectivity index (χ4n) is 1.75. The van der Waals surface area contributed by atoms with E-state index in [1.54, 1.807) is 17.8 Å². The van der Waals surface area contributed by atoms with E-state index in [1.807, 2.05) is 6.92 Å². The lowest BCUT2D eigenvalue weighted by Gasteiger charge is -2.01. The first-order valence-corrected chi connectivity index (χ1v) is 6.26. The van der Waals surface area contributed by atoms with E-state index in [9.17, 15) is 4.79 Å². The number of halogens is 2. The van der Waals surface area contributed by atoms with E-state index in [1.165, 1.54) is 6.26 Å². The van der Waals surface area contributed by atoms with Crippen molar-refractivity contribution in [3.8, 4) is 0 Å². The molecule has 0 aromatic carbocycles. The summed E-state index contributed by atoms with van der Waals surface area (Å²) in [5.74, 6) is -0.138. The molecule has 4 nitrogen and oxygen atoms in total. The minimum absolute atomic E-state index is 0.106. The lowest BCUT2D eigenvalue weighted by Crippen LogP contribution is -2.08. The Labute approximate surface area is 114 Å². The lowest BCUT2D eigenvalue weighted by atomic mass is 10.1. The molecule has 6 heteroatoms. The maximum Gasteiger partial charge on any atom is 0.203 e. The summed E-state index contributed by atoms with van der Waals surface area (Å²) in [5.41, 5.74) is 1.85. The summed E-state index contributed by atoms with van der Waals surface area (Å²) in [7, 11) is 1.77. The lowest BCUT2D eigenvalue weighted by molar-refractivity contribution is 0.0990. The number of carbonyl (C=O) groups is 1. The maximum absolute atomic E-state index is 12.1. The Hall–Kier alpha value is -1.26. The molecule has 0 radical (unpaired) electrons. The number of aryl methyl sites for hydroxylation is 2. The fourth-order valence-corrected chi connectivity index (χ4v) is 2.33. The summed E-state index contributed by atoms with van der Waals surface area (Å²) in [4.78, 5) is 12.1. The van der Waals surface area contributed by atoms with E-state index in [2.05, 4.69) is 5.10 Å². The molecular formula is C12H12Cl2N2O2. The van der Waals surface area contributed by atoms with Gasteiger partial charge >= 0.3 is 0 Å². The number of hydrogen-bond acceptors (Lipinski definition) is 3. The van der Waals surface area contributed by atoms with Gasteiger partial charge in [0.05, 0.1) is 34.7 Å². The second-order valence-corrected chi connectivity index (χ2v) is 4.61. The zero-order valence-corrected chi connectivity index (χ0v) is 11.5. The summed E-state index contributed by atoms with van der Waals surface area (Å²) in [6.07, 6.45) is 2.27. The van der Waals surface area contributed by atoms with E-state index >= 15 is 0 Å². The number of nitrogens with zero attached hydrogens (tertiary/aromatic N) is 2. The largest absolute Gasteiger partial charge is 0.452 e. The molecule has 0 spiro atoms. The molecule has 2 heterocycles. The van der Waals surface area contributed by atoms with Crippen molar-refractivity contribution in [2.75, 3.05) is 0 Å². The SMILES string of the molecule is CCc1nn(C)c(CC(=O)c2ccoc2Cl)c1Cl. The molecule has 0 N–H and O–H groups in total. The molecule has 0 unspecified atom stereocenters. The average Bonchev–Trinajstić information content (AvgIpc) is 2.87. The Morgan fingerprint density at radius 3 is 2.72 bits per heavy atom. The molecule has 0 amide bonds. The van der Waals surface area contributed by atoms with Crippen molar-refractivity contribution in [3.05, 3.63) is 39.5 Å². The van der Waals surface area contributed by atoms with Gasteiger partial charge in [0, 0.05) is 7.05 Å². The predicted octanol–water partition coefficient (Wildman–Crippen LogP) is 3.31. The van der Waals surface area contributed by atoms with Gasteiger partial charge in [-0.25, -0.2) is 0 Å². The second kappa shape index (κ2) is 5.16. The molecule has 0 atom stereocenters. The minimum Gasteiger partial charge on any atom is -0.452 e. The topological polar surface area (TPSA) is 48.0 Å². The number of aromatic nitrogens is 2. The van der Waals surface area contributed by atoms with E-state index in [0.717, 1.165) is 12.1 Å². The summed E-state index contributed by atoms with van der Waals surface area (Å²) in [6.45, 7) is 1.97. The van der Waals surface area contributed by atoms with Crippen molar-refractivity contribution in [2.24, 2.45) is 7.05 Å². The van der Waals surface area contributed by atoms with Gasteiger partial charge in [0.15, 0.2) is 5.78 Å². The quantitative estimate of drug-likeness (QED) is 0.810. The monoisotopic (exact) mass is 286 g/mol. The Morgan fingerprint density at radius 2 is 2.22 bits per heavy atom. The Kier molecular flexibility index (Phi) is 3.78. The van der Waals surface area contributed by atoms with E-state index in [-0.39, 0.29) is 17.4 Å². The van der Waals surface area contributed by atoms with Gasteiger partial charge in [-0.1, -0.05) is 18.5 Å². The van der Waals surface area contributed by atoms with Crippen molar-refractivity contribution >= 4 is 29.0 Å². The molecule has 0 saturated carbocycles. The third-order valence-electron chi connectivity index (χ3n) is 2.75. The minimum atomic E-state index is -0.138. The third kappa shape index (κ3) is 2.31. The van der Waals surface area contributed by atoms with Gasteiger partial charge in [0.25, 0.3) is 0 Å². The third-order valence-corrected chi connectivity index (χ3v) is 3.48. The van der Waals surface area contributed by atoms with Crippen LogP contribution in [0.25, 0.3) is 0 Å². The average molecular weight is 287 g/mol. The second-order valence-electron chi connectivity index (χ2n) is 3.89. The van der Waals surface area contributed by atoms with Crippen LogP contribution in [-0.2, 0) is 19.9 Å². The molecule has 0 saturated heterocycles. The van der Waals surface area contributed by atoms with Gasteiger partial charge in [0.1, 0.15) is 0 Å². The molecule has 0 aliphatic heterocycles. The summed E-state index contributed by atoms with van der Waals surface area (Å²) in [5, 5.41) is 4.92. The van der Waals surface area contributed by atoms with Crippen LogP contribution in [-0.4, -0.2) is 15.6 Å². The summed E-state index contributed by atoms with van der Waals surface area (Å²) in [6, 6.07) is 1.55. The molecule has 0 aliphatic carbocycles. The van der Waals surface area contributed by atoms with Crippen LogP contribution >= 0.6 is 23.2 Å². The molecule has 0 fully saturated rings. The van der Waals surface area contributed by atoms with Crippen molar-refractivity contribution in [1.82, 2.24) is 9.78 Å². The number of ketones is 1. The van der Waals surface area contributed by atoms with Crippen molar-refractivity contribution in [2.45, 2.75) is 19.8 Å². The van der Waals surface area contributed by atoms with Crippen molar-refractivity contribution < 1.29 is 9.21 Å². The van der Waals surface area contributed by atoms with Crippen LogP contribution in [0.3, 0.4) is 0 Å². The van der Waals surface area contributed by atoms with Gasteiger partial charge in [-0.15, -0.1) is 0 Å². The first-order valence-electron chi connectivity index (χ1n) is 5.51. The van der Waals surface area contributed by atoms with Crippen LogP contribution in [0, 0.1) is 0 Å². The highest BCUT2D eigenvalue weighted by molar-refractivity contribution is 6.33. The van der Waals surface area contributed by atoms with Crippen LogP contribution < -0.4 is 0 Å². The molecule has 0 aliphatic rings. The fraction of sp³-hybridized carbons (Fsp3) is 0.333. The normalized spacial score (nSPS) is 10.9. The van der Waals surface area contributed by atoms with Crippen LogP contribution in [0.5, 0.6) is 0 Å². The van der Waals surface area contributed by atoms with Crippen LogP contribution in [0.4, 0.5) is 0 Å². The molecule has 2 aromatic heterocycles. The smallest absolute Gasteiger partial charge is 0.203 e. The van der Waals surface area contributed by atoms with Gasteiger partial charge in [-0.05, 0) is 24.1 Å². The van der Waals surface area contributed by atoms with E-state index in [0.29, 0.717) is 16.3 Å². The Balaban J connectivity index is 2.27. The standard InChI is InChI=1S/C12H12Cl2N2O2/c1-3-8-11(13)9(16(2)15-8)6-10(17)7-4-5-18-12(7)14/h4-5H,3,6H2,1-2H3. The molecule has 18 heavy (non-hydrogen) atoms. The molecule has 0 bridgehead atoms. The Bertz CT molecular complexity index is 587. The van der Waals surface area contributed by atoms with Crippen LogP contribution in [0.1, 0.15) is 28.7 Å². The van der Waals surface area contributed by atoms with Gasteiger partial charge in [-0.3, -0.25) is 9.48 Å². The Morgan fingerprint density at radius 1 is 1.50 bits per heavy atom. The molecule has 2 aromatic rings. The van der Waals surface area contributed by atoms with Crippen molar-refractivity contribution in [1.29, 1.82) is 0 Å². The zero-order valence-electron chi connectivity index (χ0n) is 10.0. The van der Waals surface area contributed by atoms with Gasteiger partial charge in [-0.2, -0.15) is 5.10 Å². The summed E-state index contributed by atoms with van der Waals surface area (Å²) < 4.78 is 6.53. The number of furan rings is 1. The maximum atomic E-state index is 12.1. The number of hydrogen-bond donors (Lipinski definition) is 0. The van der Waals surface area contributed by atoms with E-state index in [4.69, 9.17) is 27.6 Å². The molecule has 96 valence electrons.